The van der Waals surface area contributed by atoms with Gasteiger partial charge < -0.3 is 9.80 Å². The Morgan fingerprint density at radius 3 is 2.80 bits per heavy atom. The molecule has 0 aromatic heterocycles. The monoisotopic (exact) mass is 409 g/mol. The van der Waals surface area contributed by atoms with Gasteiger partial charge in [-0.2, -0.15) is 0 Å². The van der Waals surface area contributed by atoms with Gasteiger partial charge >= 0.3 is 0 Å². The minimum atomic E-state index is -0.631. The van der Waals surface area contributed by atoms with E-state index in [1.54, 1.807) is 11.0 Å². The van der Waals surface area contributed by atoms with Gasteiger partial charge in [0, 0.05) is 32.0 Å². The van der Waals surface area contributed by atoms with Crippen LogP contribution in [0.25, 0.3) is 0 Å². The Morgan fingerprint density at radius 2 is 1.93 bits per heavy atom. The van der Waals surface area contributed by atoms with E-state index < -0.39 is 5.66 Å². The molecule has 5 rings (SSSR count). The first-order valence-corrected chi connectivity index (χ1v) is 11.5. The Morgan fingerprint density at radius 1 is 1.13 bits per heavy atom. The number of nitrogens with zero attached hydrogens (tertiary/aromatic N) is 3. The lowest BCUT2D eigenvalue weighted by atomic mass is 9.85. The number of fused-ring (bicyclic) bond motifs is 4. The normalized spacial score (nSPS) is 30.4. The van der Waals surface area contributed by atoms with Crippen LogP contribution >= 0.6 is 0 Å². The van der Waals surface area contributed by atoms with E-state index in [9.17, 15) is 14.4 Å². The number of carbonyl (C=O) groups is 3. The summed E-state index contributed by atoms with van der Waals surface area (Å²) in [6, 6.07) is 7.82. The lowest BCUT2D eigenvalue weighted by Gasteiger charge is -2.48. The molecule has 0 N–H and O–H groups in total. The van der Waals surface area contributed by atoms with Gasteiger partial charge in [0.1, 0.15) is 5.66 Å². The molecule has 0 bridgehead atoms. The first-order chi connectivity index (χ1) is 14.5. The Balaban J connectivity index is 1.28. The fourth-order valence-electron chi connectivity index (χ4n) is 6.29. The first kappa shape index (κ1) is 19.6. The van der Waals surface area contributed by atoms with Crippen LogP contribution in [0.4, 0.5) is 5.69 Å². The van der Waals surface area contributed by atoms with Gasteiger partial charge in [0.25, 0.3) is 5.91 Å². The zero-order chi connectivity index (χ0) is 20.9. The highest BCUT2D eigenvalue weighted by molar-refractivity contribution is 6.10. The highest BCUT2D eigenvalue weighted by atomic mass is 16.2. The molecule has 3 aliphatic heterocycles. The maximum atomic E-state index is 13.3. The van der Waals surface area contributed by atoms with Crippen LogP contribution < -0.4 is 4.90 Å². The van der Waals surface area contributed by atoms with E-state index >= 15 is 0 Å². The van der Waals surface area contributed by atoms with Gasteiger partial charge in [0.15, 0.2) is 0 Å². The van der Waals surface area contributed by atoms with Crippen molar-refractivity contribution in [2.24, 2.45) is 5.92 Å². The van der Waals surface area contributed by atoms with E-state index in [1.807, 2.05) is 30.0 Å². The van der Waals surface area contributed by atoms with Gasteiger partial charge in [-0.05, 0) is 57.1 Å². The van der Waals surface area contributed by atoms with Crippen molar-refractivity contribution in [3.05, 3.63) is 29.8 Å². The molecule has 6 nitrogen and oxygen atoms in total. The Hall–Kier alpha value is -2.37. The van der Waals surface area contributed by atoms with E-state index in [4.69, 9.17) is 0 Å². The number of benzene rings is 1. The lowest BCUT2D eigenvalue weighted by molar-refractivity contribution is -0.133. The van der Waals surface area contributed by atoms with E-state index in [0.29, 0.717) is 49.8 Å². The molecule has 1 aliphatic carbocycles. The Labute approximate surface area is 178 Å². The molecule has 6 heteroatoms. The summed E-state index contributed by atoms with van der Waals surface area (Å²) in [6.45, 7) is 3.38. The van der Waals surface area contributed by atoms with Crippen LogP contribution in [-0.2, 0) is 9.59 Å². The van der Waals surface area contributed by atoms with Crippen molar-refractivity contribution in [1.82, 2.24) is 9.80 Å². The highest BCUT2D eigenvalue weighted by Gasteiger charge is 2.52. The third-order valence-corrected chi connectivity index (χ3v) is 7.85. The molecule has 160 valence electrons. The summed E-state index contributed by atoms with van der Waals surface area (Å²) >= 11 is 0. The van der Waals surface area contributed by atoms with Crippen LogP contribution in [-0.4, -0.2) is 52.3 Å². The number of carbonyl (C=O) groups excluding carboxylic acids is 3. The van der Waals surface area contributed by atoms with Gasteiger partial charge in [-0.1, -0.05) is 25.0 Å². The summed E-state index contributed by atoms with van der Waals surface area (Å²) < 4.78 is 0. The van der Waals surface area contributed by atoms with E-state index in [2.05, 4.69) is 4.90 Å². The van der Waals surface area contributed by atoms with E-state index in [0.717, 1.165) is 25.1 Å². The zero-order valence-electron chi connectivity index (χ0n) is 17.8. The second-order valence-corrected chi connectivity index (χ2v) is 9.51. The van der Waals surface area contributed by atoms with E-state index in [-0.39, 0.29) is 17.7 Å². The molecule has 3 fully saturated rings. The van der Waals surface area contributed by atoms with Gasteiger partial charge in [0.05, 0.1) is 11.3 Å². The summed E-state index contributed by atoms with van der Waals surface area (Å²) in [5, 5.41) is 0. The number of rotatable bonds is 4. The fourth-order valence-corrected chi connectivity index (χ4v) is 6.29. The molecule has 1 aromatic rings. The van der Waals surface area contributed by atoms with Gasteiger partial charge in [-0.3, -0.25) is 19.3 Å². The zero-order valence-corrected chi connectivity index (χ0v) is 17.8. The molecule has 30 heavy (non-hydrogen) atoms. The summed E-state index contributed by atoms with van der Waals surface area (Å²) in [5.74, 6) is 0.970. The number of para-hydroxylation sites is 1. The van der Waals surface area contributed by atoms with Crippen LogP contribution in [0.2, 0.25) is 0 Å². The van der Waals surface area contributed by atoms with Gasteiger partial charge in [-0.15, -0.1) is 0 Å². The molecule has 2 saturated heterocycles. The second kappa shape index (κ2) is 7.40. The maximum Gasteiger partial charge on any atom is 0.257 e. The van der Waals surface area contributed by atoms with Gasteiger partial charge in [-0.25, -0.2) is 0 Å². The van der Waals surface area contributed by atoms with Crippen molar-refractivity contribution in [2.45, 2.75) is 76.4 Å². The standard InChI is InChI=1S/C24H31N3O3/c1-24-14-12-22(29)27(24)20-10-5-3-8-18(20)23(30)26(24)15-6-11-21(28)25-16-13-17-7-2-4-9-19(17)25/h3,5,8,10,17,19H,2,4,6-7,9,11-16H2,1H3. The predicted molar refractivity (Wildman–Crippen MR) is 114 cm³/mol. The predicted octanol–water partition coefficient (Wildman–Crippen LogP) is 3.56. The molecule has 0 spiro atoms. The summed E-state index contributed by atoms with van der Waals surface area (Å²) in [6.07, 6.45) is 8.28. The SMILES string of the molecule is CC12CCC(=O)N1c1ccccc1C(=O)N2CCCC(=O)N1CCC2CCCCC21. The molecule has 3 heterocycles. The van der Waals surface area contributed by atoms with Gasteiger partial charge in [0.2, 0.25) is 11.8 Å². The van der Waals surface area contributed by atoms with Crippen molar-refractivity contribution in [3.8, 4) is 0 Å². The van der Waals surface area contributed by atoms with Crippen molar-refractivity contribution in [2.75, 3.05) is 18.0 Å². The van der Waals surface area contributed by atoms with Crippen molar-refractivity contribution < 1.29 is 14.4 Å². The average molecular weight is 410 g/mol. The molecule has 3 unspecified atom stereocenters. The van der Waals surface area contributed by atoms with Crippen LogP contribution in [0.1, 0.15) is 75.1 Å². The smallest absolute Gasteiger partial charge is 0.257 e. The topological polar surface area (TPSA) is 60.9 Å². The highest BCUT2D eigenvalue weighted by Crippen LogP contribution is 2.44. The fraction of sp³-hybridized carbons (Fsp3) is 0.625. The van der Waals surface area contributed by atoms with Crippen LogP contribution in [0.3, 0.4) is 0 Å². The average Bonchev–Trinajstić information content (AvgIpc) is 3.32. The van der Waals surface area contributed by atoms with E-state index in [1.165, 1.54) is 19.3 Å². The number of anilines is 1. The molecule has 1 aromatic carbocycles. The number of likely N-dealkylation sites (tertiary alicyclic amines) is 1. The Bertz CT molecular complexity index is 884. The quantitative estimate of drug-likeness (QED) is 0.764. The van der Waals surface area contributed by atoms with Crippen molar-refractivity contribution in [1.29, 1.82) is 0 Å². The summed E-state index contributed by atoms with van der Waals surface area (Å²) in [5.41, 5.74) is 0.676. The molecule has 3 atom stereocenters. The Kier molecular flexibility index (Phi) is 4.83. The lowest BCUT2D eigenvalue weighted by Crippen LogP contribution is -2.62. The molecule has 0 radical (unpaired) electrons. The third-order valence-electron chi connectivity index (χ3n) is 7.85. The summed E-state index contributed by atoms with van der Waals surface area (Å²) in [7, 11) is 0. The minimum absolute atomic E-state index is 0.0278. The number of amides is 3. The number of hydrogen-bond donors (Lipinski definition) is 0. The first-order valence-electron chi connectivity index (χ1n) is 11.5. The third kappa shape index (κ3) is 2.95. The minimum Gasteiger partial charge on any atom is -0.339 e. The maximum absolute atomic E-state index is 13.3. The molecular formula is C24H31N3O3. The number of hydrogen-bond acceptors (Lipinski definition) is 3. The second-order valence-electron chi connectivity index (χ2n) is 9.51. The molecule has 3 amide bonds. The molecular weight excluding hydrogens is 378 g/mol. The van der Waals surface area contributed by atoms with Crippen molar-refractivity contribution >= 4 is 23.4 Å². The van der Waals surface area contributed by atoms with Crippen LogP contribution in [0.5, 0.6) is 0 Å². The van der Waals surface area contributed by atoms with Crippen molar-refractivity contribution in [3.63, 3.8) is 0 Å². The van der Waals surface area contributed by atoms with Crippen LogP contribution in [0.15, 0.2) is 24.3 Å². The largest absolute Gasteiger partial charge is 0.339 e. The molecule has 1 saturated carbocycles. The van der Waals surface area contributed by atoms with Crippen LogP contribution in [0, 0.1) is 5.92 Å². The molecule has 4 aliphatic rings. The summed E-state index contributed by atoms with van der Waals surface area (Å²) in [4.78, 5) is 44.6.